The highest BCUT2D eigenvalue weighted by atomic mass is 16.3. The molecule has 2 heteroatoms. The minimum absolute atomic E-state index is 0.00897. The molecule has 0 bridgehead atoms. The number of aliphatic hydroxyl groups is 1. The van der Waals surface area contributed by atoms with Crippen molar-refractivity contribution < 1.29 is 9.90 Å². The number of carbonyl (C=O) groups excluding carboxylic acids is 1. The van der Waals surface area contributed by atoms with Crippen LogP contribution in [0.25, 0.3) is 0 Å². The molecule has 0 spiro atoms. The summed E-state index contributed by atoms with van der Waals surface area (Å²) in [5, 5.41) is 8.64. The first kappa shape index (κ1) is 10.6. The summed E-state index contributed by atoms with van der Waals surface area (Å²) in [5.41, 5.74) is 0. The third-order valence-corrected chi connectivity index (χ3v) is 1.85. The van der Waals surface area contributed by atoms with Crippen LogP contribution in [0.4, 0.5) is 0 Å². The molecule has 0 aromatic rings. The highest BCUT2D eigenvalue weighted by Crippen LogP contribution is 2.05. The fourth-order valence-electron chi connectivity index (χ4n) is 0.897. The number of carbonyl (C=O) groups is 1. The molecule has 0 saturated carbocycles. The second-order valence-electron chi connectivity index (χ2n) is 3.01. The second kappa shape index (κ2) is 6.35. The van der Waals surface area contributed by atoms with E-state index in [1.165, 1.54) is 0 Å². The Hall–Kier alpha value is -0.370. The molecule has 0 fully saturated rings. The van der Waals surface area contributed by atoms with Gasteiger partial charge in [0, 0.05) is 12.3 Å². The number of aliphatic hydroxyl groups excluding tert-OH is 1. The third-order valence-electron chi connectivity index (χ3n) is 1.85. The minimum atomic E-state index is -0.160. The SMILES string of the molecule is CCCCCC(=O)C(C)CO. The maximum Gasteiger partial charge on any atom is 0.137 e. The van der Waals surface area contributed by atoms with Gasteiger partial charge in [-0.05, 0) is 6.42 Å². The molecule has 0 aliphatic carbocycles. The molecule has 1 atom stereocenters. The Morgan fingerprint density at radius 3 is 2.55 bits per heavy atom. The molecule has 0 aromatic carbocycles. The van der Waals surface area contributed by atoms with E-state index in [1.807, 2.05) is 0 Å². The van der Waals surface area contributed by atoms with Gasteiger partial charge in [0.15, 0.2) is 0 Å². The maximum atomic E-state index is 11.1. The summed E-state index contributed by atoms with van der Waals surface area (Å²) in [5.74, 6) is 0.0350. The number of hydrogen-bond acceptors (Lipinski definition) is 2. The Kier molecular flexibility index (Phi) is 6.13. The first-order valence-corrected chi connectivity index (χ1v) is 4.36. The molecular formula is C9H18O2. The topological polar surface area (TPSA) is 37.3 Å². The lowest BCUT2D eigenvalue weighted by Gasteiger charge is -2.05. The quantitative estimate of drug-likeness (QED) is 0.598. The van der Waals surface area contributed by atoms with Crippen molar-refractivity contribution in [1.29, 1.82) is 0 Å². The largest absolute Gasteiger partial charge is 0.396 e. The predicted molar refractivity (Wildman–Crippen MR) is 45.4 cm³/mol. The van der Waals surface area contributed by atoms with Gasteiger partial charge in [0.2, 0.25) is 0 Å². The van der Waals surface area contributed by atoms with Crippen molar-refractivity contribution in [1.82, 2.24) is 0 Å². The van der Waals surface area contributed by atoms with E-state index in [1.54, 1.807) is 6.92 Å². The summed E-state index contributed by atoms with van der Waals surface area (Å²) in [6, 6.07) is 0. The summed E-state index contributed by atoms with van der Waals surface area (Å²) in [6.45, 7) is 3.87. The Morgan fingerprint density at radius 2 is 2.09 bits per heavy atom. The molecular weight excluding hydrogens is 140 g/mol. The normalized spacial score (nSPS) is 13.0. The van der Waals surface area contributed by atoms with Gasteiger partial charge in [-0.15, -0.1) is 0 Å². The average molecular weight is 158 g/mol. The van der Waals surface area contributed by atoms with Gasteiger partial charge in [0.05, 0.1) is 6.61 Å². The molecule has 0 aliphatic rings. The van der Waals surface area contributed by atoms with Crippen LogP contribution < -0.4 is 0 Å². The van der Waals surface area contributed by atoms with Crippen molar-refractivity contribution in [3.63, 3.8) is 0 Å². The van der Waals surface area contributed by atoms with Crippen molar-refractivity contribution in [3.8, 4) is 0 Å². The second-order valence-corrected chi connectivity index (χ2v) is 3.01. The summed E-state index contributed by atoms with van der Waals surface area (Å²) >= 11 is 0. The summed E-state index contributed by atoms with van der Waals surface area (Å²) in [6.07, 6.45) is 3.86. The van der Waals surface area contributed by atoms with E-state index in [-0.39, 0.29) is 18.3 Å². The Balaban J connectivity index is 3.36. The number of Topliss-reactive ketones (excluding diaryl/α,β-unsaturated/α-hetero) is 1. The number of unbranched alkanes of at least 4 members (excludes halogenated alkanes) is 2. The molecule has 0 radical (unpaired) electrons. The highest BCUT2D eigenvalue weighted by molar-refractivity contribution is 5.80. The standard InChI is InChI=1S/C9H18O2/c1-3-4-5-6-9(11)8(2)7-10/h8,10H,3-7H2,1-2H3. The zero-order chi connectivity index (χ0) is 8.69. The van der Waals surface area contributed by atoms with Crippen LogP contribution in [0.5, 0.6) is 0 Å². The molecule has 0 amide bonds. The van der Waals surface area contributed by atoms with Crippen molar-refractivity contribution >= 4 is 5.78 Å². The molecule has 0 rings (SSSR count). The molecule has 11 heavy (non-hydrogen) atoms. The average Bonchev–Trinajstić information content (AvgIpc) is 2.03. The molecule has 1 unspecified atom stereocenters. The first-order chi connectivity index (χ1) is 5.22. The fraction of sp³-hybridized carbons (Fsp3) is 0.889. The van der Waals surface area contributed by atoms with Crippen LogP contribution in [-0.2, 0) is 4.79 Å². The van der Waals surface area contributed by atoms with Crippen molar-refractivity contribution in [2.75, 3.05) is 6.61 Å². The monoisotopic (exact) mass is 158 g/mol. The van der Waals surface area contributed by atoms with E-state index >= 15 is 0 Å². The molecule has 1 N–H and O–H groups in total. The minimum Gasteiger partial charge on any atom is -0.396 e. The smallest absolute Gasteiger partial charge is 0.137 e. The molecule has 66 valence electrons. The van der Waals surface area contributed by atoms with E-state index in [9.17, 15) is 4.79 Å². The number of hydrogen-bond donors (Lipinski definition) is 1. The van der Waals surface area contributed by atoms with E-state index in [0.29, 0.717) is 6.42 Å². The molecule has 0 heterocycles. The summed E-state index contributed by atoms with van der Waals surface area (Å²) < 4.78 is 0. The van der Waals surface area contributed by atoms with Gasteiger partial charge in [-0.2, -0.15) is 0 Å². The lowest BCUT2D eigenvalue weighted by molar-refractivity contribution is -0.123. The van der Waals surface area contributed by atoms with Crippen LogP contribution in [0.2, 0.25) is 0 Å². The summed E-state index contributed by atoms with van der Waals surface area (Å²) in [7, 11) is 0. The van der Waals surface area contributed by atoms with Crippen molar-refractivity contribution in [2.45, 2.75) is 39.5 Å². The van der Waals surface area contributed by atoms with Crippen LogP contribution in [-0.4, -0.2) is 17.5 Å². The molecule has 2 nitrogen and oxygen atoms in total. The van der Waals surface area contributed by atoms with E-state index in [0.717, 1.165) is 19.3 Å². The van der Waals surface area contributed by atoms with Gasteiger partial charge < -0.3 is 5.11 Å². The van der Waals surface area contributed by atoms with Gasteiger partial charge in [0.25, 0.3) is 0 Å². The van der Waals surface area contributed by atoms with E-state index in [4.69, 9.17) is 5.11 Å². The van der Waals surface area contributed by atoms with Gasteiger partial charge >= 0.3 is 0 Å². The maximum absolute atomic E-state index is 11.1. The first-order valence-electron chi connectivity index (χ1n) is 4.36. The lowest BCUT2D eigenvalue weighted by Crippen LogP contribution is -2.14. The third kappa shape index (κ3) is 4.96. The van der Waals surface area contributed by atoms with Crippen molar-refractivity contribution in [3.05, 3.63) is 0 Å². The van der Waals surface area contributed by atoms with Gasteiger partial charge in [-0.3, -0.25) is 4.79 Å². The Bertz CT molecular complexity index is 110. The summed E-state index contributed by atoms with van der Waals surface area (Å²) in [4.78, 5) is 11.1. The highest BCUT2D eigenvalue weighted by Gasteiger charge is 2.09. The van der Waals surface area contributed by atoms with Gasteiger partial charge in [-0.1, -0.05) is 26.7 Å². The molecule has 0 aromatic heterocycles. The zero-order valence-corrected chi connectivity index (χ0v) is 7.47. The lowest BCUT2D eigenvalue weighted by atomic mass is 10.0. The number of ketones is 1. The fourth-order valence-corrected chi connectivity index (χ4v) is 0.897. The van der Waals surface area contributed by atoms with Crippen LogP contribution in [0.1, 0.15) is 39.5 Å². The zero-order valence-electron chi connectivity index (χ0n) is 7.47. The Labute approximate surface area is 68.6 Å². The predicted octanol–water partition coefficient (Wildman–Crippen LogP) is 1.76. The van der Waals surface area contributed by atoms with E-state index < -0.39 is 0 Å². The van der Waals surface area contributed by atoms with Crippen LogP contribution >= 0.6 is 0 Å². The van der Waals surface area contributed by atoms with Crippen LogP contribution in [0.3, 0.4) is 0 Å². The molecule has 0 aliphatic heterocycles. The van der Waals surface area contributed by atoms with Gasteiger partial charge in [-0.25, -0.2) is 0 Å². The van der Waals surface area contributed by atoms with Gasteiger partial charge in [0.1, 0.15) is 5.78 Å². The Morgan fingerprint density at radius 1 is 1.45 bits per heavy atom. The van der Waals surface area contributed by atoms with Crippen LogP contribution in [0, 0.1) is 5.92 Å². The van der Waals surface area contributed by atoms with Crippen LogP contribution in [0.15, 0.2) is 0 Å². The van der Waals surface area contributed by atoms with Crippen molar-refractivity contribution in [2.24, 2.45) is 5.92 Å². The van der Waals surface area contributed by atoms with E-state index in [2.05, 4.69) is 6.92 Å². The number of rotatable bonds is 6. The molecule has 0 saturated heterocycles.